The number of fused-ring (bicyclic) bond motifs is 3. The normalized spacial score (nSPS) is 28.8. The van der Waals surface area contributed by atoms with Crippen LogP contribution in [-0.2, 0) is 14.2 Å². The summed E-state index contributed by atoms with van der Waals surface area (Å²) < 4.78 is 5.85. The van der Waals surface area contributed by atoms with Gasteiger partial charge in [0.15, 0.2) is 0 Å². The minimum absolute atomic E-state index is 0.192. The Morgan fingerprint density at radius 3 is 2.71 bits per heavy atom. The van der Waals surface area contributed by atoms with Crippen molar-refractivity contribution in [1.82, 2.24) is 4.90 Å². The van der Waals surface area contributed by atoms with Crippen LogP contribution in [0.4, 0.5) is 0 Å². The fourth-order valence-corrected chi connectivity index (χ4v) is 5.37. The molecule has 0 spiro atoms. The summed E-state index contributed by atoms with van der Waals surface area (Å²) in [5, 5.41) is 30.4. The molecule has 0 unspecified atom stereocenters. The summed E-state index contributed by atoms with van der Waals surface area (Å²) in [5.74, 6) is -1.48. The molecule has 0 saturated carbocycles. The number of aromatic hydroxyl groups is 1. The van der Waals surface area contributed by atoms with Crippen molar-refractivity contribution >= 4 is 25.0 Å². The van der Waals surface area contributed by atoms with Gasteiger partial charge in [-0.05, 0) is 55.6 Å². The number of amides is 2. The average Bonchev–Trinajstić information content (AvgIpc) is 2.97. The van der Waals surface area contributed by atoms with E-state index in [-0.39, 0.29) is 36.4 Å². The van der Waals surface area contributed by atoms with Crippen LogP contribution in [0.25, 0.3) is 6.08 Å². The topological polar surface area (TPSA) is 107 Å². The number of likely N-dealkylation sites (tertiary alicyclic amines) is 1. The molecule has 2 fully saturated rings. The minimum atomic E-state index is -1.02. The molecule has 4 atom stereocenters. The first kappa shape index (κ1) is 21.8. The molecule has 2 amide bonds. The lowest BCUT2D eigenvalue weighted by atomic mass is 9.58. The summed E-state index contributed by atoms with van der Waals surface area (Å²) >= 11 is 0. The highest BCUT2D eigenvalue weighted by molar-refractivity contribution is 6.43. The number of phenolic OH excluding ortho intramolecular Hbond substituents is 1. The summed E-state index contributed by atoms with van der Waals surface area (Å²) in [4.78, 5) is 26.5. The van der Waals surface area contributed by atoms with E-state index >= 15 is 0 Å². The molecular formula is C23H28BNO6. The van der Waals surface area contributed by atoms with Gasteiger partial charge in [0.2, 0.25) is 11.8 Å². The van der Waals surface area contributed by atoms with Gasteiger partial charge in [-0.2, -0.15) is 0 Å². The molecule has 1 aromatic rings. The number of benzene rings is 1. The first-order valence-corrected chi connectivity index (χ1v) is 10.7. The third-order valence-electron chi connectivity index (χ3n) is 6.86. The Balaban J connectivity index is 1.58. The highest BCUT2D eigenvalue weighted by Crippen LogP contribution is 2.50. The molecule has 2 heterocycles. The molecular weight excluding hydrogens is 397 g/mol. The number of nitrogens with zero attached hydrogens (tertiary/aromatic N) is 1. The van der Waals surface area contributed by atoms with E-state index in [9.17, 15) is 24.8 Å². The molecule has 3 N–H and O–H groups in total. The second-order valence-electron chi connectivity index (χ2n) is 8.80. The Labute approximate surface area is 182 Å². The van der Waals surface area contributed by atoms with Crippen molar-refractivity contribution in [2.45, 2.75) is 38.6 Å². The van der Waals surface area contributed by atoms with E-state index in [1.807, 2.05) is 25.1 Å². The van der Waals surface area contributed by atoms with Gasteiger partial charge in [-0.3, -0.25) is 14.5 Å². The number of carbonyl (C=O) groups excluding carboxylic acids is 2. The van der Waals surface area contributed by atoms with Gasteiger partial charge in [-0.1, -0.05) is 29.8 Å². The maximum atomic E-state index is 12.8. The predicted octanol–water partition coefficient (Wildman–Crippen LogP) is 1.99. The number of phenols is 1. The summed E-state index contributed by atoms with van der Waals surface area (Å²) in [6.07, 6.45) is 3.30. The van der Waals surface area contributed by atoms with Crippen LogP contribution < -0.4 is 0 Å². The van der Waals surface area contributed by atoms with Crippen LogP contribution >= 0.6 is 0 Å². The number of aliphatic hydroxyl groups excluding tert-OH is 1. The number of imide groups is 1. The maximum absolute atomic E-state index is 12.8. The lowest BCUT2D eigenvalue weighted by Gasteiger charge is -2.42. The van der Waals surface area contributed by atoms with Crippen LogP contribution in [0.3, 0.4) is 0 Å². The number of allylic oxidation sites excluding steroid dienone is 1. The molecule has 1 aromatic carbocycles. The smallest absolute Gasteiger partial charge is 0.455 e. The lowest BCUT2D eigenvalue weighted by Crippen LogP contribution is -2.46. The van der Waals surface area contributed by atoms with Crippen molar-refractivity contribution < 1.29 is 29.5 Å². The number of hydrogen-bond acceptors (Lipinski definition) is 6. The van der Waals surface area contributed by atoms with Crippen LogP contribution in [0.5, 0.6) is 5.75 Å². The fourth-order valence-electron chi connectivity index (χ4n) is 5.37. The van der Waals surface area contributed by atoms with Crippen LogP contribution in [0.15, 0.2) is 41.0 Å². The van der Waals surface area contributed by atoms with E-state index < -0.39 is 25.1 Å². The van der Waals surface area contributed by atoms with E-state index in [2.05, 4.69) is 0 Å². The first-order valence-electron chi connectivity index (χ1n) is 10.7. The average molecular weight is 425 g/mol. The van der Waals surface area contributed by atoms with Gasteiger partial charge >= 0.3 is 7.12 Å². The standard InChI is InChI=1S/C23H28BNO6/c1-13(9-14-5-3-4-6-18(14)27)7-8-19-20-15(12-26)10-16-21(17(20)11-24(30)31-19)23(29)25(2)22(16)28/h3-6,9,16-17,19,21,26-27,30H,7-8,10-12H2,1-2H3/b13-9+/t16-,17+,19-,21-/m1/s1. The lowest BCUT2D eigenvalue weighted by molar-refractivity contribution is -0.138. The van der Waals surface area contributed by atoms with Crippen LogP contribution in [0.2, 0.25) is 6.32 Å². The number of rotatable bonds is 5. The van der Waals surface area contributed by atoms with E-state index in [1.54, 1.807) is 12.1 Å². The zero-order valence-electron chi connectivity index (χ0n) is 17.8. The fraction of sp³-hybridized carbons (Fsp3) is 0.478. The van der Waals surface area contributed by atoms with Crippen molar-refractivity contribution in [3.8, 4) is 5.75 Å². The van der Waals surface area contributed by atoms with Crippen LogP contribution in [-0.4, -0.2) is 58.8 Å². The van der Waals surface area contributed by atoms with Gasteiger partial charge < -0.3 is 19.9 Å². The Kier molecular flexibility index (Phi) is 6.06. The quantitative estimate of drug-likeness (QED) is 0.379. The van der Waals surface area contributed by atoms with Gasteiger partial charge in [-0.25, -0.2) is 0 Å². The third kappa shape index (κ3) is 3.95. The van der Waals surface area contributed by atoms with Crippen molar-refractivity contribution in [2.24, 2.45) is 17.8 Å². The monoisotopic (exact) mass is 425 g/mol. The molecule has 2 aliphatic heterocycles. The number of aliphatic hydroxyl groups is 1. The van der Waals surface area contributed by atoms with Crippen LogP contribution in [0, 0.1) is 17.8 Å². The largest absolute Gasteiger partial charge is 0.507 e. The molecule has 0 radical (unpaired) electrons. The molecule has 31 heavy (non-hydrogen) atoms. The van der Waals surface area contributed by atoms with E-state index in [1.165, 1.54) is 11.9 Å². The Morgan fingerprint density at radius 1 is 1.26 bits per heavy atom. The van der Waals surface area contributed by atoms with Crippen molar-refractivity contribution in [3.63, 3.8) is 0 Å². The second kappa shape index (κ2) is 8.61. The van der Waals surface area contributed by atoms with E-state index in [4.69, 9.17) is 4.65 Å². The Bertz CT molecular complexity index is 957. The van der Waals surface area contributed by atoms with Crippen LogP contribution in [0.1, 0.15) is 31.7 Å². The molecule has 4 rings (SSSR count). The molecule has 0 aromatic heterocycles. The van der Waals surface area contributed by atoms with Crippen molar-refractivity contribution in [2.75, 3.05) is 13.7 Å². The van der Waals surface area contributed by atoms with Gasteiger partial charge in [0.1, 0.15) is 5.75 Å². The minimum Gasteiger partial charge on any atom is -0.507 e. The Morgan fingerprint density at radius 2 is 2.00 bits per heavy atom. The van der Waals surface area contributed by atoms with Crippen molar-refractivity contribution in [1.29, 1.82) is 0 Å². The van der Waals surface area contributed by atoms with Gasteiger partial charge in [-0.15, -0.1) is 0 Å². The van der Waals surface area contributed by atoms with E-state index in [0.29, 0.717) is 19.3 Å². The highest BCUT2D eigenvalue weighted by atomic mass is 16.5. The second-order valence-corrected chi connectivity index (χ2v) is 8.80. The summed E-state index contributed by atoms with van der Waals surface area (Å²) in [6, 6.07) is 7.10. The Hall–Kier alpha value is -2.42. The summed E-state index contributed by atoms with van der Waals surface area (Å²) in [7, 11) is 0.482. The summed E-state index contributed by atoms with van der Waals surface area (Å²) in [5.41, 5.74) is 3.40. The van der Waals surface area contributed by atoms with Gasteiger partial charge in [0.25, 0.3) is 0 Å². The third-order valence-corrected chi connectivity index (χ3v) is 6.86. The number of hydrogen-bond donors (Lipinski definition) is 3. The predicted molar refractivity (Wildman–Crippen MR) is 116 cm³/mol. The highest BCUT2D eigenvalue weighted by Gasteiger charge is 2.56. The maximum Gasteiger partial charge on any atom is 0.455 e. The molecule has 3 aliphatic rings. The van der Waals surface area contributed by atoms with Crippen molar-refractivity contribution in [3.05, 3.63) is 46.5 Å². The first-order chi connectivity index (χ1) is 14.8. The van der Waals surface area contributed by atoms with Gasteiger partial charge in [0.05, 0.1) is 24.5 Å². The molecule has 8 heteroatoms. The number of carbonyl (C=O) groups is 2. The molecule has 164 valence electrons. The van der Waals surface area contributed by atoms with Gasteiger partial charge in [0, 0.05) is 12.6 Å². The zero-order chi connectivity index (χ0) is 22.3. The molecule has 1 aliphatic carbocycles. The molecule has 0 bridgehead atoms. The molecule has 2 saturated heterocycles. The summed E-state index contributed by atoms with van der Waals surface area (Å²) in [6.45, 7) is 1.78. The zero-order valence-corrected chi connectivity index (χ0v) is 17.8. The molecule has 7 nitrogen and oxygen atoms in total. The number of para-hydroxylation sites is 1. The SMILES string of the molecule is C/C(=C\c1ccccc1O)CC[C@H]1OB(O)C[C@H]2C1=C(CO)C[C@H]1C(=O)N(C)C(=O)[C@H]12. The van der Waals surface area contributed by atoms with E-state index in [0.717, 1.165) is 22.3 Å².